The van der Waals surface area contributed by atoms with Crippen LogP contribution in [0.15, 0.2) is 47.3 Å². The van der Waals surface area contributed by atoms with Crippen molar-refractivity contribution < 1.29 is 0 Å². The summed E-state index contributed by atoms with van der Waals surface area (Å²) in [6, 6.07) is 14.4. The van der Waals surface area contributed by atoms with Gasteiger partial charge in [0.05, 0.1) is 5.69 Å². The molecule has 0 amide bonds. The first-order valence-corrected chi connectivity index (χ1v) is 6.85. The normalized spacial score (nSPS) is 14.7. The van der Waals surface area contributed by atoms with E-state index in [-0.39, 0.29) is 5.56 Å². The fraction of sp³-hybridized carbons (Fsp3) is 0.267. The molecule has 1 aliphatic rings. The van der Waals surface area contributed by atoms with Crippen molar-refractivity contribution in [2.45, 2.75) is 24.6 Å². The minimum atomic E-state index is 0.119. The minimum absolute atomic E-state index is 0.119. The Morgan fingerprint density at radius 3 is 2.44 bits per heavy atom. The zero-order valence-corrected chi connectivity index (χ0v) is 10.9. The van der Waals surface area contributed by atoms with Gasteiger partial charge >= 0.3 is 0 Å². The molecular formula is C15H15NOS. The number of nitrogens with zero attached hydrogens (tertiary/aromatic N) is 1. The fourth-order valence-electron chi connectivity index (χ4n) is 2.26. The zero-order chi connectivity index (χ0) is 12.5. The smallest absolute Gasteiger partial charge is 0.255 e. The van der Waals surface area contributed by atoms with Crippen LogP contribution in [0.1, 0.15) is 24.4 Å². The fourth-order valence-corrected chi connectivity index (χ4v) is 2.50. The zero-order valence-electron chi connectivity index (χ0n) is 10.0. The predicted molar refractivity (Wildman–Crippen MR) is 77.1 cm³/mol. The molecule has 18 heavy (non-hydrogen) atoms. The minimum Gasteiger partial charge on any atom is -0.305 e. The van der Waals surface area contributed by atoms with Crippen LogP contribution in [0.4, 0.5) is 0 Å². The quantitative estimate of drug-likeness (QED) is 0.837. The summed E-state index contributed by atoms with van der Waals surface area (Å²) in [7, 11) is 0. The number of aromatic nitrogens is 1. The average molecular weight is 257 g/mol. The van der Waals surface area contributed by atoms with E-state index < -0.39 is 0 Å². The lowest BCUT2D eigenvalue weighted by Crippen LogP contribution is -2.23. The van der Waals surface area contributed by atoms with E-state index in [9.17, 15) is 4.79 Å². The van der Waals surface area contributed by atoms with Crippen molar-refractivity contribution in [3.63, 3.8) is 0 Å². The molecule has 1 heterocycles. The van der Waals surface area contributed by atoms with Gasteiger partial charge in [-0.15, -0.1) is 0 Å². The van der Waals surface area contributed by atoms with Gasteiger partial charge in [-0.05, 0) is 24.5 Å². The van der Waals surface area contributed by atoms with Crippen molar-refractivity contribution in [1.82, 2.24) is 4.57 Å². The van der Waals surface area contributed by atoms with Crippen LogP contribution in [0.3, 0.4) is 0 Å². The molecule has 92 valence electrons. The van der Waals surface area contributed by atoms with Crippen LogP contribution in [-0.2, 0) is 5.75 Å². The van der Waals surface area contributed by atoms with E-state index in [2.05, 4.69) is 12.6 Å². The van der Waals surface area contributed by atoms with Gasteiger partial charge in [-0.1, -0.05) is 36.4 Å². The first-order valence-electron chi connectivity index (χ1n) is 6.22. The summed E-state index contributed by atoms with van der Waals surface area (Å²) in [5.41, 5.74) is 3.03. The van der Waals surface area contributed by atoms with Crippen LogP contribution < -0.4 is 5.56 Å². The third kappa shape index (κ3) is 1.99. The summed E-state index contributed by atoms with van der Waals surface area (Å²) >= 11 is 4.22. The molecule has 0 saturated heterocycles. The van der Waals surface area contributed by atoms with Gasteiger partial charge in [0.15, 0.2) is 0 Å². The third-order valence-corrected chi connectivity index (χ3v) is 3.69. The summed E-state index contributed by atoms with van der Waals surface area (Å²) < 4.78 is 1.95. The Hall–Kier alpha value is -1.48. The highest BCUT2D eigenvalue weighted by Crippen LogP contribution is 2.37. The average Bonchev–Trinajstić information content (AvgIpc) is 3.23. The Morgan fingerprint density at radius 2 is 1.83 bits per heavy atom. The molecule has 1 saturated carbocycles. The SMILES string of the molecule is O=c1c(CS)ccc(-c2ccccc2)n1C1CC1. The van der Waals surface area contributed by atoms with Crippen LogP contribution in [0.5, 0.6) is 0 Å². The van der Waals surface area contributed by atoms with E-state index in [0.29, 0.717) is 11.8 Å². The van der Waals surface area contributed by atoms with E-state index >= 15 is 0 Å². The lowest BCUT2D eigenvalue weighted by atomic mass is 10.1. The van der Waals surface area contributed by atoms with Crippen LogP contribution in [0.2, 0.25) is 0 Å². The van der Waals surface area contributed by atoms with Crippen molar-refractivity contribution >= 4 is 12.6 Å². The topological polar surface area (TPSA) is 22.0 Å². The first kappa shape index (κ1) is 11.6. The lowest BCUT2D eigenvalue weighted by Gasteiger charge is -2.13. The molecule has 0 spiro atoms. The van der Waals surface area contributed by atoms with E-state index in [4.69, 9.17) is 0 Å². The van der Waals surface area contributed by atoms with Gasteiger partial charge in [0.25, 0.3) is 5.56 Å². The number of hydrogen-bond donors (Lipinski definition) is 1. The van der Waals surface area contributed by atoms with Gasteiger partial charge in [-0.25, -0.2) is 0 Å². The highest BCUT2D eigenvalue weighted by Gasteiger charge is 2.27. The summed E-state index contributed by atoms with van der Waals surface area (Å²) in [6.07, 6.45) is 2.21. The molecule has 1 aromatic heterocycles. The summed E-state index contributed by atoms with van der Waals surface area (Å²) in [5, 5.41) is 0. The predicted octanol–water partition coefficient (Wildman–Crippen LogP) is 3.28. The van der Waals surface area contributed by atoms with Gasteiger partial charge in [0.1, 0.15) is 0 Å². The van der Waals surface area contributed by atoms with Gasteiger partial charge in [-0.3, -0.25) is 4.79 Å². The van der Waals surface area contributed by atoms with Gasteiger partial charge in [0.2, 0.25) is 0 Å². The summed E-state index contributed by atoms with van der Waals surface area (Å²) in [5.74, 6) is 0.501. The van der Waals surface area contributed by atoms with Crippen molar-refractivity contribution in [3.8, 4) is 11.3 Å². The number of benzene rings is 1. The lowest BCUT2D eigenvalue weighted by molar-refractivity contribution is 0.709. The van der Waals surface area contributed by atoms with Crippen LogP contribution >= 0.6 is 12.6 Å². The molecule has 2 nitrogen and oxygen atoms in total. The monoisotopic (exact) mass is 257 g/mol. The number of thiol groups is 1. The van der Waals surface area contributed by atoms with E-state index in [0.717, 1.165) is 29.7 Å². The molecule has 1 aliphatic carbocycles. The third-order valence-electron chi connectivity index (χ3n) is 3.35. The number of pyridine rings is 1. The van der Waals surface area contributed by atoms with Crippen molar-refractivity contribution in [2.24, 2.45) is 0 Å². The molecule has 3 heteroatoms. The number of hydrogen-bond acceptors (Lipinski definition) is 2. The maximum atomic E-state index is 12.4. The maximum absolute atomic E-state index is 12.4. The van der Waals surface area contributed by atoms with E-state index in [1.807, 2.05) is 47.0 Å². The molecule has 0 aliphatic heterocycles. The Kier molecular flexibility index (Phi) is 3.00. The van der Waals surface area contributed by atoms with Crippen molar-refractivity contribution in [2.75, 3.05) is 0 Å². The Balaban J connectivity index is 2.21. The Labute approximate surface area is 112 Å². The van der Waals surface area contributed by atoms with Gasteiger partial charge in [-0.2, -0.15) is 12.6 Å². The number of rotatable bonds is 3. The second-order valence-electron chi connectivity index (χ2n) is 4.67. The van der Waals surface area contributed by atoms with E-state index in [1.54, 1.807) is 0 Å². The largest absolute Gasteiger partial charge is 0.305 e. The highest BCUT2D eigenvalue weighted by atomic mass is 32.1. The second kappa shape index (κ2) is 4.65. The highest BCUT2D eigenvalue weighted by molar-refractivity contribution is 7.79. The standard InChI is InChI=1S/C15H15NOS/c17-15-12(10-18)6-9-14(16(15)13-7-8-13)11-4-2-1-3-5-11/h1-6,9,13,18H,7-8,10H2. The second-order valence-corrected chi connectivity index (χ2v) is 4.99. The van der Waals surface area contributed by atoms with Crippen LogP contribution in [-0.4, -0.2) is 4.57 Å². The van der Waals surface area contributed by atoms with Crippen LogP contribution in [0.25, 0.3) is 11.3 Å². The molecule has 0 unspecified atom stereocenters. The summed E-state index contributed by atoms with van der Waals surface area (Å²) in [6.45, 7) is 0. The molecule has 1 fully saturated rings. The Bertz CT molecular complexity index is 614. The van der Waals surface area contributed by atoms with Crippen molar-refractivity contribution in [1.29, 1.82) is 0 Å². The van der Waals surface area contributed by atoms with E-state index in [1.165, 1.54) is 0 Å². The molecular weight excluding hydrogens is 242 g/mol. The maximum Gasteiger partial charge on any atom is 0.255 e. The van der Waals surface area contributed by atoms with Gasteiger partial charge in [0, 0.05) is 17.4 Å². The molecule has 0 radical (unpaired) electrons. The molecule has 3 rings (SSSR count). The van der Waals surface area contributed by atoms with Gasteiger partial charge < -0.3 is 4.57 Å². The molecule has 0 N–H and O–H groups in total. The van der Waals surface area contributed by atoms with Crippen LogP contribution in [0, 0.1) is 0 Å². The molecule has 1 aromatic carbocycles. The first-order chi connectivity index (χ1) is 8.81. The van der Waals surface area contributed by atoms with Crippen molar-refractivity contribution in [3.05, 3.63) is 58.4 Å². The molecule has 0 atom stereocenters. The Morgan fingerprint density at radius 1 is 1.11 bits per heavy atom. The molecule has 2 aromatic rings. The molecule has 0 bridgehead atoms. The summed E-state index contributed by atoms with van der Waals surface area (Å²) in [4.78, 5) is 12.4.